The van der Waals surface area contributed by atoms with Crippen molar-refractivity contribution < 1.29 is 0 Å². The van der Waals surface area contributed by atoms with Crippen molar-refractivity contribution in [2.24, 2.45) is 11.8 Å². The summed E-state index contributed by atoms with van der Waals surface area (Å²) in [7, 11) is 0. The fraction of sp³-hybridized carbons (Fsp3) is 0.800. The van der Waals surface area contributed by atoms with Crippen LogP contribution in [0.2, 0.25) is 0 Å². The number of rotatable bonds is 7. The smallest absolute Gasteiger partial charge is 0.0521 e. The first kappa shape index (κ1) is 13.6. The van der Waals surface area contributed by atoms with Crippen molar-refractivity contribution in [2.45, 2.75) is 52.5 Å². The first-order chi connectivity index (χ1) is 8.83. The quantitative estimate of drug-likeness (QED) is 0.753. The topological polar surface area (TPSA) is 29.9 Å². The molecule has 1 N–H and O–H groups in total. The fourth-order valence-electron chi connectivity index (χ4n) is 3.10. The molecule has 0 aromatic carbocycles. The third-order valence-corrected chi connectivity index (χ3v) is 4.16. The average molecular weight is 249 g/mol. The van der Waals surface area contributed by atoms with E-state index in [1.165, 1.54) is 44.2 Å². The van der Waals surface area contributed by atoms with Gasteiger partial charge in [0.1, 0.15) is 0 Å². The average Bonchev–Trinajstić information content (AvgIpc) is 3.00. The first-order valence-electron chi connectivity index (χ1n) is 7.55. The Hall–Kier alpha value is -0.830. The molecular formula is C15H27N3. The molecule has 2 unspecified atom stereocenters. The minimum atomic E-state index is 0.865. The van der Waals surface area contributed by atoms with Crippen molar-refractivity contribution in [3.05, 3.63) is 18.0 Å². The minimum Gasteiger partial charge on any atom is -0.316 e. The molecule has 0 radical (unpaired) electrons. The summed E-state index contributed by atoms with van der Waals surface area (Å²) in [5.74, 6) is 1.74. The zero-order chi connectivity index (χ0) is 12.8. The third kappa shape index (κ3) is 3.58. The Balaban J connectivity index is 1.83. The zero-order valence-corrected chi connectivity index (χ0v) is 11.9. The highest BCUT2D eigenvalue weighted by molar-refractivity contribution is 5.06. The van der Waals surface area contributed by atoms with Gasteiger partial charge in [-0.2, -0.15) is 5.10 Å². The summed E-state index contributed by atoms with van der Waals surface area (Å²) in [6.07, 6.45) is 10.9. The summed E-state index contributed by atoms with van der Waals surface area (Å²) in [6, 6.07) is 0. The highest BCUT2D eigenvalue weighted by Crippen LogP contribution is 2.33. The molecule has 2 rings (SSSR count). The van der Waals surface area contributed by atoms with Gasteiger partial charge in [-0.15, -0.1) is 0 Å². The van der Waals surface area contributed by atoms with Gasteiger partial charge in [0.15, 0.2) is 0 Å². The predicted molar refractivity (Wildman–Crippen MR) is 75.6 cm³/mol. The predicted octanol–water partition coefficient (Wildman–Crippen LogP) is 2.86. The van der Waals surface area contributed by atoms with Crippen molar-refractivity contribution in [3.63, 3.8) is 0 Å². The van der Waals surface area contributed by atoms with Crippen LogP contribution in [0.15, 0.2) is 12.4 Å². The molecule has 2 atom stereocenters. The van der Waals surface area contributed by atoms with E-state index in [1.807, 2.05) is 4.68 Å². The molecule has 3 heteroatoms. The van der Waals surface area contributed by atoms with E-state index in [4.69, 9.17) is 0 Å². The standard InChI is InChI=1S/C15H27N3/c1-3-8-16-11-15-7-5-6-14(15)9-13-10-17-18(4-2)12-13/h10,12,14-16H,3-9,11H2,1-2H3. The van der Waals surface area contributed by atoms with Gasteiger partial charge in [-0.25, -0.2) is 0 Å². The number of aryl methyl sites for hydroxylation is 1. The SMILES string of the molecule is CCCNCC1CCCC1Cc1cnn(CC)c1. The van der Waals surface area contributed by atoms with Gasteiger partial charge in [0.05, 0.1) is 6.20 Å². The van der Waals surface area contributed by atoms with Gasteiger partial charge in [0, 0.05) is 12.7 Å². The van der Waals surface area contributed by atoms with Crippen molar-refractivity contribution in [3.8, 4) is 0 Å². The van der Waals surface area contributed by atoms with Crippen molar-refractivity contribution in [2.75, 3.05) is 13.1 Å². The summed E-state index contributed by atoms with van der Waals surface area (Å²) in [4.78, 5) is 0. The molecule has 0 spiro atoms. The Morgan fingerprint density at radius 3 is 2.89 bits per heavy atom. The van der Waals surface area contributed by atoms with E-state index >= 15 is 0 Å². The monoisotopic (exact) mass is 249 g/mol. The normalized spacial score (nSPS) is 23.7. The van der Waals surface area contributed by atoms with E-state index in [0.29, 0.717) is 0 Å². The Bertz CT molecular complexity index is 345. The molecule has 1 aliphatic rings. The van der Waals surface area contributed by atoms with Crippen LogP contribution in [0.5, 0.6) is 0 Å². The van der Waals surface area contributed by atoms with E-state index < -0.39 is 0 Å². The molecule has 1 aromatic heterocycles. The maximum atomic E-state index is 4.38. The van der Waals surface area contributed by atoms with E-state index in [-0.39, 0.29) is 0 Å². The van der Waals surface area contributed by atoms with Gasteiger partial charge in [-0.3, -0.25) is 4.68 Å². The molecule has 1 heterocycles. The number of hydrogen-bond donors (Lipinski definition) is 1. The third-order valence-electron chi connectivity index (χ3n) is 4.16. The Kier molecular flexibility index (Phi) is 5.24. The van der Waals surface area contributed by atoms with Crippen LogP contribution in [0.1, 0.15) is 45.1 Å². The van der Waals surface area contributed by atoms with Crippen LogP contribution in [0.25, 0.3) is 0 Å². The van der Waals surface area contributed by atoms with Crippen LogP contribution in [0.4, 0.5) is 0 Å². The zero-order valence-electron chi connectivity index (χ0n) is 11.9. The van der Waals surface area contributed by atoms with Crippen LogP contribution in [-0.4, -0.2) is 22.9 Å². The maximum Gasteiger partial charge on any atom is 0.0521 e. The number of hydrogen-bond acceptors (Lipinski definition) is 2. The summed E-state index contributed by atoms with van der Waals surface area (Å²) in [5.41, 5.74) is 1.42. The van der Waals surface area contributed by atoms with Crippen molar-refractivity contribution in [1.82, 2.24) is 15.1 Å². The largest absolute Gasteiger partial charge is 0.316 e. The van der Waals surface area contributed by atoms with Gasteiger partial charge >= 0.3 is 0 Å². The lowest BCUT2D eigenvalue weighted by atomic mass is 9.90. The Labute approximate surface area is 111 Å². The Morgan fingerprint density at radius 2 is 2.17 bits per heavy atom. The summed E-state index contributed by atoms with van der Waals surface area (Å²) in [5, 5.41) is 7.97. The molecule has 18 heavy (non-hydrogen) atoms. The summed E-state index contributed by atoms with van der Waals surface area (Å²) < 4.78 is 2.04. The van der Waals surface area contributed by atoms with E-state index in [9.17, 15) is 0 Å². The molecule has 102 valence electrons. The highest BCUT2D eigenvalue weighted by Gasteiger charge is 2.27. The number of aromatic nitrogens is 2. The molecular weight excluding hydrogens is 222 g/mol. The molecule has 0 bridgehead atoms. The van der Waals surface area contributed by atoms with E-state index in [0.717, 1.165) is 24.9 Å². The van der Waals surface area contributed by atoms with Gasteiger partial charge in [0.25, 0.3) is 0 Å². The highest BCUT2D eigenvalue weighted by atomic mass is 15.3. The molecule has 1 aliphatic carbocycles. The molecule has 1 saturated carbocycles. The minimum absolute atomic E-state index is 0.865. The van der Waals surface area contributed by atoms with Crippen LogP contribution in [-0.2, 0) is 13.0 Å². The van der Waals surface area contributed by atoms with Crippen LogP contribution in [0, 0.1) is 11.8 Å². The maximum absolute atomic E-state index is 4.38. The Morgan fingerprint density at radius 1 is 1.33 bits per heavy atom. The van der Waals surface area contributed by atoms with Crippen LogP contribution < -0.4 is 5.32 Å². The summed E-state index contributed by atoms with van der Waals surface area (Å²) >= 11 is 0. The van der Waals surface area contributed by atoms with Crippen LogP contribution in [0.3, 0.4) is 0 Å². The van der Waals surface area contributed by atoms with Crippen LogP contribution >= 0.6 is 0 Å². The second-order valence-electron chi connectivity index (χ2n) is 5.56. The van der Waals surface area contributed by atoms with Gasteiger partial charge in [-0.05, 0) is 63.1 Å². The molecule has 0 saturated heterocycles. The van der Waals surface area contributed by atoms with Gasteiger partial charge in [0.2, 0.25) is 0 Å². The molecule has 0 amide bonds. The van der Waals surface area contributed by atoms with Crippen molar-refractivity contribution in [1.29, 1.82) is 0 Å². The molecule has 1 fully saturated rings. The lowest BCUT2D eigenvalue weighted by Crippen LogP contribution is -2.26. The lowest BCUT2D eigenvalue weighted by molar-refractivity contribution is 0.365. The van der Waals surface area contributed by atoms with Gasteiger partial charge in [-0.1, -0.05) is 13.3 Å². The first-order valence-corrected chi connectivity index (χ1v) is 7.55. The molecule has 1 aromatic rings. The second-order valence-corrected chi connectivity index (χ2v) is 5.56. The van der Waals surface area contributed by atoms with Gasteiger partial charge < -0.3 is 5.32 Å². The van der Waals surface area contributed by atoms with E-state index in [1.54, 1.807) is 0 Å². The van der Waals surface area contributed by atoms with Crippen molar-refractivity contribution >= 4 is 0 Å². The second kappa shape index (κ2) is 6.93. The van der Waals surface area contributed by atoms with E-state index in [2.05, 4.69) is 36.7 Å². The lowest BCUT2D eigenvalue weighted by Gasteiger charge is -2.19. The molecule has 0 aliphatic heterocycles. The fourth-order valence-corrected chi connectivity index (χ4v) is 3.10. The number of nitrogens with one attached hydrogen (secondary N) is 1. The molecule has 3 nitrogen and oxygen atoms in total. The summed E-state index contributed by atoms with van der Waals surface area (Å²) in [6.45, 7) is 7.73. The number of nitrogens with zero attached hydrogens (tertiary/aromatic N) is 2.